The minimum atomic E-state index is -0.119. The van der Waals surface area contributed by atoms with E-state index in [4.69, 9.17) is 0 Å². The molecule has 7 heteroatoms. The molecule has 0 aliphatic carbocycles. The van der Waals surface area contributed by atoms with Crippen molar-refractivity contribution in [1.29, 1.82) is 0 Å². The molecule has 1 N–H and O–H groups in total. The maximum absolute atomic E-state index is 13.4. The van der Waals surface area contributed by atoms with Crippen molar-refractivity contribution >= 4 is 30.7 Å². The van der Waals surface area contributed by atoms with Crippen molar-refractivity contribution in [3.8, 4) is 0 Å². The number of likely N-dealkylation sites (tertiary alicyclic amines) is 1. The smallest absolute Gasteiger partial charge is 0.244 e. The molecular formula is C19H30Cl2N4O. The highest BCUT2D eigenvalue weighted by molar-refractivity contribution is 5.85. The summed E-state index contributed by atoms with van der Waals surface area (Å²) >= 11 is 0. The number of hydrogen-bond acceptors (Lipinski definition) is 4. The number of amides is 1. The van der Waals surface area contributed by atoms with Gasteiger partial charge in [0.25, 0.3) is 0 Å². The monoisotopic (exact) mass is 400 g/mol. The number of carbonyl (C=O) groups is 1. The molecule has 26 heavy (non-hydrogen) atoms. The molecule has 1 aromatic rings. The van der Waals surface area contributed by atoms with Crippen LogP contribution in [0.5, 0.6) is 0 Å². The van der Waals surface area contributed by atoms with Gasteiger partial charge in [0.2, 0.25) is 5.91 Å². The van der Waals surface area contributed by atoms with Crippen LogP contribution in [0, 0.1) is 11.8 Å². The van der Waals surface area contributed by atoms with Crippen LogP contribution in [0.15, 0.2) is 30.3 Å². The molecule has 0 aromatic heterocycles. The Morgan fingerprint density at radius 1 is 1.00 bits per heavy atom. The average Bonchev–Trinajstić information content (AvgIpc) is 3.19. The van der Waals surface area contributed by atoms with Crippen molar-refractivity contribution in [3.63, 3.8) is 0 Å². The van der Waals surface area contributed by atoms with Crippen LogP contribution >= 0.6 is 24.8 Å². The van der Waals surface area contributed by atoms with Gasteiger partial charge >= 0.3 is 0 Å². The van der Waals surface area contributed by atoms with E-state index in [0.29, 0.717) is 17.7 Å². The second-order valence-corrected chi connectivity index (χ2v) is 7.57. The molecule has 1 amide bonds. The number of nitrogens with one attached hydrogen (secondary N) is 1. The second-order valence-electron chi connectivity index (χ2n) is 7.57. The summed E-state index contributed by atoms with van der Waals surface area (Å²) in [5, 5.41) is 3.46. The van der Waals surface area contributed by atoms with Gasteiger partial charge in [0.15, 0.2) is 0 Å². The van der Waals surface area contributed by atoms with Gasteiger partial charge in [-0.2, -0.15) is 0 Å². The highest BCUT2D eigenvalue weighted by atomic mass is 35.5. The lowest BCUT2D eigenvalue weighted by molar-refractivity contribution is -0.137. The predicted molar refractivity (Wildman–Crippen MR) is 109 cm³/mol. The maximum Gasteiger partial charge on any atom is 0.244 e. The van der Waals surface area contributed by atoms with Crippen molar-refractivity contribution in [2.45, 2.75) is 6.04 Å². The number of fused-ring (bicyclic) bond motifs is 1. The summed E-state index contributed by atoms with van der Waals surface area (Å²) in [4.78, 5) is 20.3. The van der Waals surface area contributed by atoms with Crippen LogP contribution in [0.2, 0.25) is 0 Å². The van der Waals surface area contributed by atoms with Crippen molar-refractivity contribution < 1.29 is 4.79 Å². The number of nitrogens with zero attached hydrogens (tertiary/aromatic N) is 3. The second kappa shape index (κ2) is 9.38. The zero-order valence-corrected chi connectivity index (χ0v) is 17.0. The molecule has 5 nitrogen and oxygen atoms in total. The number of likely N-dealkylation sites (N-methyl/N-ethyl adjacent to an activating group) is 1. The predicted octanol–water partition coefficient (Wildman–Crippen LogP) is 1.50. The van der Waals surface area contributed by atoms with E-state index in [1.54, 1.807) is 0 Å². The van der Waals surface area contributed by atoms with Gasteiger partial charge in [-0.15, -0.1) is 24.8 Å². The number of piperazine rings is 1. The first-order valence-electron chi connectivity index (χ1n) is 9.19. The molecule has 3 saturated heterocycles. The van der Waals surface area contributed by atoms with E-state index in [9.17, 15) is 4.79 Å². The molecule has 1 unspecified atom stereocenters. The summed E-state index contributed by atoms with van der Waals surface area (Å²) < 4.78 is 0. The number of halogens is 2. The van der Waals surface area contributed by atoms with E-state index in [-0.39, 0.29) is 30.9 Å². The zero-order chi connectivity index (χ0) is 16.5. The Labute approximate surface area is 168 Å². The van der Waals surface area contributed by atoms with Gasteiger partial charge in [-0.3, -0.25) is 9.69 Å². The third kappa shape index (κ3) is 4.34. The van der Waals surface area contributed by atoms with E-state index in [1.165, 1.54) is 0 Å². The van der Waals surface area contributed by atoms with Gasteiger partial charge in [0.1, 0.15) is 6.04 Å². The Bertz CT molecular complexity index is 568. The Morgan fingerprint density at radius 3 is 2.15 bits per heavy atom. The van der Waals surface area contributed by atoms with Gasteiger partial charge in [-0.1, -0.05) is 30.3 Å². The Kier molecular flexibility index (Phi) is 7.74. The van der Waals surface area contributed by atoms with Crippen LogP contribution < -0.4 is 5.32 Å². The summed E-state index contributed by atoms with van der Waals surface area (Å²) in [7, 11) is 2.16. The fourth-order valence-electron chi connectivity index (χ4n) is 4.43. The molecule has 0 radical (unpaired) electrons. The summed E-state index contributed by atoms with van der Waals surface area (Å²) in [5.41, 5.74) is 1.14. The van der Waals surface area contributed by atoms with Crippen molar-refractivity contribution in [2.75, 3.05) is 59.4 Å². The lowest BCUT2D eigenvalue weighted by Crippen LogP contribution is -2.50. The Hall–Kier alpha value is -0.850. The summed E-state index contributed by atoms with van der Waals surface area (Å²) in [5.74, 6) is 1.61. The summed E-state index contributed by atoms with van der Waals surface area (Å²) in [6.45, 7) is 7.98. The quantitative estimate of drug-likeness (QED) is 0.833. The molecule has 3 atom stereocenters. The van der Waals surface area contributed by atoms with Gasteiger partial charge in [-0.05, 0) is 24.4 Å². The van der Waals surface area contributed by atoms with Gasteiger partial charge < -0.3 is 15.1 Å². The van der Waals surface area contributed by atoms with Crippen LogP contribution in [0.1, 0.15) is 11.6 Å². The first-order valence-corrected chi connectivity index (χ1v) is 9.19. The van der Waals surface area contributed by atoms with Crippen molar-refractivity contribution in [2.24, 2.45) is 11.8 Å². The van der Waals surface area contributed by atoms with Gasteiger partial charge in [0, 0.05) is 52.4 Å². The van der Waals surface area contributed by atoms with E-state index in [1.807, 2.05) is 18.2 Å². The molecule has 3 fully saturated rings. The fourth-order valence-corrected chi connectivity index (χ4v) is 4.43. The third-order valence-electron chi connectivity index (χ3n) is 5.95. The number of carbonyl (C=O) groups excluding carboxylic acids is 1. The summed E-state index contributed by atoms with van der Waals surface area (Å²) in [6, 6.07) is 10.2. The Balaban J connectivity index is 0.00000121. The molecule has 0 spiro atoms. The average molecular weight is 401 g/mol. The van der Waals surface area contributed by atoms with E-state index < -0.39 is 0 Å². The molecule has 3 aliphatic rings. The summed E-state index contributed by atoms with van der Waals surface area (Å²) in [6.07, 6.45) is 0. The molecular weight excluding hydrogens is 371 g/mol. The maximum atomic E-state index is 13.4. The lowest BCUT2D eigenvalue weighted by Gasteiger charge is -2.39. The molecule has 0 saturated carbocycles. The minimum absolute atomic E-state index is 0. The lowest BCUT2D eigenvalue weighted by atomic mass is 10.0. The van der Waals surface area contributed by atoms with Crippen LogP contribution in [-0.2, 0) is 4.79 Å². The molecule has 4 rings (SSSR count). The molecule has 0 bridgehead atoms. The van der Waals surface area contributed by atoms with Crippen molar-refractivity contribution in [1.82, 2.24) is 20.0 Å². The zero-order valence-electron chi connectivity index (χ0n) is 15.3. The standard InChI is InChI=1S/C19H28N4O.2ClH/c1-21-7-9-22(10-8-21)18(15-5-3-2-4-6-15)19(24)23-13-16-11-20-12-17(16)14-23;;/h2-6,16-18,20H,7-14H2,1H3;2*1H/t16-,17+,18?;;. The van der Waals surface area contributed by atoms with E-state index >= 15 is 0 Å². The topological polar surface area (TPSA) is 38.8 Å². The van der Waals surface area contributed by atoms with Gasteiger partial charge in [-0.25, -0.2) is 0 Å². The number of rotatable bonds is 3. The van der Waals surface area contributed by atoms with Crippen molar-refractivity contribution in [3.05, 3.63) is 35.9 Å². The van der Waals surface area contributed by atoms with E-state index in [2.05, 4.69) is 39.2 Å². The first kappa shape index (κ1) is 21.5. The molecule has 3 heterocycles. The largest absolute Gasteiger partial charge is 0.340 e. The number of benzene rings is 1. The number of hydrogen-bond donors (Lipinski definition) is 1. The molecule has 146 valence electrons. The van der Waals surface area contributed by atoms with E-state index in [0.717, 1.165) is 57.9 Å². The van der Waals surface area contributed by atoms with Gasteiger partial charge in [0.05, 0.1) is 0 Å². The van der Waals surface area contributed by atoms with Crippen LogP contribution in [0.4, 0.5) is 0 Å². The first-order chi connectivity index (χ1) is 11.7. The Morgan fingerprint density at radius 2 is 1.58 bits per heavy atom. The molecule has 3 aliphatic heterocycles. The minimum Gasteiger partial charge on any atom is -0.340 e. The normalized spacial score (nSPS) is 27.3. The highest BCUT2D eigenvalue weighted by Gasteiger charge is 2.41. The SMILES string of the molecule is CN1CCN(C(C(=O)N2C[C@H]3CNC[C@H]3C2)c2ccccc2)CC1.Cl.Cl. The van der Waals surface area contributed by atoms with Crippen LogP contribution in [0.25, 0.3) is 0 Å². The van der Waals surface area contributed by atoms with Crippen LogP contribution in [-0.4, -0.2) is 80.0 Å². The fraction of sp³-hybridized carbons (Fsp3) is 0.632. The van der Waals surface area contributed by atoms with Crippen LogP contribution in [0.3, 0.4) is 0 Å². The molecule has 1 aromatic carbocycles. The third-order valence-corrected chi connectivity index (χ3v) is 5.95. The highest BCUT2D eigenvalue weighted by Crippen LogP contribution is 2.31.